The third-order valence-electron chi connectivity index (χ3n) is 4.75. The van der Waals surface area contributed by atoms with Gasteiger partial charge in [0.25, 0.3) is 5.91 Å². The summed E-state index contributed by atoms with van der Waals surface area (Å²) < 4.78 is 4.91. The standard InChI is InChI=1S/C26H23N3O6/c1-16(2)26(34)35-13-12-27-25(33)18-8-10-19(11-9-18)28-29-21-14-20(22(30)15-23(21)31)24(32)17-6-4-3-5-7-17/h3-11,14-15,30-31H,1,12-13H2,2H3,(H,27,33). The second kappa shape index (κ2) is 11.4. The van der Waals surface area contributed by atoms with Crippen molar-refractivity contribution in [1.29, 1.82) is 0 Å². The van der Waals surface area contributed by atoms with Gasteiger partial charge in [-0.15, -0.1) is 5.11 Å². The smallest absolute Gasteiger partial charge is 0.333 e. The molecule has 0 saturated carbocycles. The molecule has 35 heavy (non-hydrogen) atoms. The van der Waals surface area contributed by atoms with Crippen molar-refractivity contribution in [3.05, 3.63) is 95.6 Å². The molecule has 9 heteroatoms. The van der Waals surface area contributed by atoms with E-state index >= 15 is 0 Å². The Balaban J connectivity index is 1.66. The maximum absolute atomic E-state index is 12.7. The van der Waals surface area contributed by atoms with Crippen LogP contribution in [0, 0.1) is 0 Å². The summed E-state index contributed by atoms with van der Waals surface area (Å²) in [6.07, 6.45) is 0. The van der Waals surface area contributed by atoms with Crippen LogP contribution in [0.25, 0.3) is 0 Å². The van der Waals surface area contributed by atoms with Crippen LogP contribution in [-0.2, 0) is 9.53 Å². The van der Waals surface area contributed by atoms with Gasteiger partial charge in [0, 0.05) is 22.8 Å². The Morgan fingerprint density at radius 2 is 1.60 bits per heavy atom. The maximum Gasteiger partial charge on any atom is 0.333 e. The Bertz CT molecular complexity index is 1280. The van der Waals surface area contributed by atoms with E-state index in [1.54, 1.807) is 42.5 Å². The van der Waals surface area contributed by atoms with Gasteiger partial charge in [-0.3, -0.25) is 9.59 Å². The van der Waals surface area contributed by atoms with Gasteiger partial charge >= 0.3 is 5.97 Å². The molecule has 0 aliphatic carbocycles. The molecule has 0 heterocycles. The van der Waals surface area contributed by atoms with Crippen molar-refractivity contribution >= 4 is 29.0 Å². The number of phenolic OH excluding ortho intramolecular Hbond substituents is 2. The monoisotopic (exact) mass is 473 g/mol. The Hall–Kier alpha value is -4.79. The fourth-order valence-electron chi connectivity index (χ4n) is 2.90. The molecule has 3 rings (SSSR count). The number of benzene rings is 3. The third-order valence-corrected chi connectivity index (χ3v) is 4.75. The number of carbonyl (C=O) groups is 3. The average molecular weight is 473 g/mol. The molecule has 1 amide bonds. The number of hydrogen-bond acceptors (Lipinski definition) is 8. The molecule has 9 nitrogen and oxygen atoms in total. The van der Waals surface area contributed by atoms with E-state index in [0.717, 1.165) is 6.07 Å². The third kappa shape index (κ3) is 6.61. The molecule has 0 aliphatic heterocycles. The minimum absolute atomic E-state index is 0.00629. The molecule has 0 bridgehead atoms. The van der Waals surface area contributed by atoms with Gasteiger partial charge in [-0.2, -0.15) is 5.11 Å². The highest BCUT2D eigenvalue weighted by Crippen LogP contribution is 2.35. The summed E-state index contributed by atoms with van der Waals surface area (Å²) in [5.41, 5.74) is 1.37. The summed E-state index contributed by atoms with van der Waals surface area (Å²) in [5, 5.41) is 30.9. The molecular weight excluding hydrogens is 450 g/mol. The number of ketones is 1. The zero-order valence-corrected chi connectivity index (χ0v) is 18.9. The van der Waals surface area contributed by atoms with Crippen LogP contribution in [0.3, 0.4) is 0 Å². The highest BCUT2D eigenvalue weighted by atomic mass is 16.5. The lowest BCUT2D eigenvalue weighted by Gasteiger charge is -2.07. The number of hydrogen-bond donors (Lipinski definition) is 3. The zero-order chi connectivity index (χ0) is 25.4. The Morgan fingerprint density at radius 3 is 2.26 bits per heavy atom. The molecule has 0 aliphatic rings. The van der Waals surface area contributed by atoms with Crippen LogP contribution in [0.5, 0.6) is 11.5 Å². The molecule has 0 unspecified atom stereocenters. The van der Waals surface area contributed by atoms with Crippen molar-refractivity contribution in [2.45, 2.75) is 6.92 Å². The first-order valence-corrected chi connectivity index (χ1v) is 10.5. The van der Waals surface area contributed by atoms with E-state index in [0.29, 0.717) is 16.8 Å². The minimum Gasteiger partial charge on any atom is -0.507 e. The van der Waals surface area contributed by atoms with E-state index in [1.807, 2.05) is 0 Å². The van der Waals surface area contributed by atoms with Gasteiger partial charge in [0.15, 0.2) is 5.78 Å². The lowest BCUT2D eigenvalue weighted by molar-refractivity contribution is -0.138. The van der Waals surface area contributed by atoms with Gasteiger partial charge in [0.05, 0.1) is 17.8 Å². The summed E-state index contributed by atoms with van der Waals surface area (Å²) in [6, 6.07) is 16.8. The van der Waals surface area contributed by atoms with E-state index in [2.05, 4.69) is 22.1 Å². The van der Waals surface area contributed by atoms with Crippen molar-refractivity contribution < 1.29 is 29.3 Å². The summed E-state index contributed by atoms with van der Waals surface area (Å²) in [4.78, 5) is 36.2. The second-order valence-corrected chi connectivity index (χ2v) is 7.47. The van der Waals surface area contributed by atoms with Crippen LogP contribution in [-0.4, -0.2) is 41.0 Å². The lowest BCUT2D eigenvalue weighted by atomic mass is 10.0. The van der Waals surface area contributed by atoms with E-state index < -0.39 is 11.8 Å². The largest absolute Gasteiger partial charge is 0.507 e. The molecule has 0 fully saturated rings. The van der Waals surface area contributed by atoms with E-state index in [9.17, 15) is 24.6 Å². The highest BCUT2D eigenvalue weighted by Gasteiger charge is 2.17. The zero-order valence-electron chi connectivity index (χ0n) is 18.9. The molecule has 0 atom stereocenters. The number of aromatic hydroxyl groups is 2. The molecule has 0 saturated heterocycles. The number of amides is 1. The fourth-order valence-corrected chi connectivity index (χ4v) is 2.90. The van der Waals surface area contributed by atoms with Crippen molar-refractivity contribution in [2.24, 2.45) is 10.2 Å². The number of phenols is 2. The number of azo groups is 1. The quantitative estimate of drug-likeness (QED) is 0.137. The van der Waals surface area contributed by atoms with Crippen LogP contribution in [0.15, 0.2) is 89.1 Å². The average Bonchev–Trinajstić information content (AvgIpc) is 2.86. The van der Waals surface area contributed by atoms with E-state index in [4.69, 9.17) is 4.74 Å². The molecule has 3 N–H and O–H groups in total. The molecule has 0 aromatic heterocycles. The number of ether oxygens (including phenoxy) is 1. The first kappa shape index (κ1) is 24.8. The van der Waals surface area contributed by atoms with Crippen LogP contribution in [0.4, 0.5) is 11.4 Å². The van der Waals surface area contributed by atoms with Crippen LogP contribution >= 0.6 is 0 Å². The topological polar surface area (TPSA) is 138 Å². The van der Waals surface area contributed by atoms with E-state index in [-0.39, 0.29) is 47.4 Å². The van der Waals surface area contributed by atoms with Gasteiger partial charge in [-0.05, 0) is 37.3 Å². The summed E-state index contributed by atoms with van der Waals surface area (Å²) in [5.74, 6) is -2.03. The normalized spacial score (nSPS) is 10.7. The number of esters is 1. The van der Waals surface area contributed by atoms with Crippen LogP contribution < -0.4 is 5.32 Å². The molecule has 3 aromatic carbocycles. The van der Waals surface area contributed by atoms with E-state index in [1.165, 1.54) is 25.1 Å². The number of carbonyl (C=O) groups excluding carboxylic acids is 3. The first-order chi connectivity index (χ1) is 16.8. The Morgan fingerprint density at radius 1 is 0.914 bits per heavy atom. The van der Waals surface area contributed by atoms with Crippen molar-refractivity contribution in [3.63, 3.8) is 0 Å². The predicted molar refractivity (Wildman–Crippen MR) is 128 cm³/mol. The van der Waals surface area contributed by atoms with Gasteiger partial charge in [-0.1, -0.05) is 36.9 Å². The summed E-state index contributed by atoms with van der Waals surface area (Å²) >= 11 is 0. The lowest BCUT2D eigenvalue weighted by Crippen LogP contribution is -2.28. The molecule has 3 aromatic rings. The highest BCUT2D eigenvalue weighted by molar-refractivity contribution is 6.11. The first-order valence-electron chi connectivity index (χ1n) is 10.5. The predicted octanol–water partition coefficient (Wildman–Crippen LogP) is 4.59. The molecule has 178 valence electrons. The minimum atomic E-state index is -0.523. The summed E-state index contributed by atoms with van der Waals surface area (Å²) in [6.45, 7) is 5.17. The molecular formula is C26H23N3O6. The fraction of sp³-hybridized carbons (Fsp3) is 0.115. The molecule has 0 radical (unpaired) electrons. The second-order valence-electron chi connectivity index (χ2n) is 7.47. The number of nitrogens with zero attached hydrogens (tertiary/aromatic N) is 2. The van der Waals surface area contributed by atoms with Gasteiger partial charge in [-0.25, -0.2) is 4.79 Å². The number of nitrogens with one attached hydrogen (secondary N) is 1. The van der Waals surface area contributed by atoms with Crippen molar-refractivity contribution in [3.8, 4) is 11.5 Å². The van der Waals surface area contributed by atoms with Crippen LogP contribution in [0.2, 0.25) is 0 Å². The van der Waals surface area contributed by atoms with Gasteiger partial charge < -0.3 is 20.3 Å². The SMILES string of the molecule is C=C(C)C(=O)OCCNC(=O)c1ccc(N=Nc2cc(C(=O)c3ccccc3)c(O)cc2O)cc1. The summed E-state index contributed by atoms with van der Waals surface area (Å²) in [7, 11) is 0. The van der Waals surface area contributed by atoms with Crippen molar-refractivity contribution in [1.82, 2.24) is 5.32 Å². The van der Waals surface area contributed by atoms with Gasteiger partial charge in [0.2, 0.25) is 0 Å². The number of rotatable bonds is 9. The molecule has 0 spiro atoms. The Labute approximate surface area is 201 Å². The Kier molecular flexibility index (Phi) is 8.07. The maximum atomic E-state index is 12.7. The van der Waals surface area contributed by atoms with Crippen LogP contribution in [0.1, 0.15) is 33.2 Å². The van der Waals surface area contributed by atoms with Gasteiger partial charge in [0.1, 0.15) is 23.8 Å². The van der Waals surface area contributed by atoms with Crippen molar-refractivity contribution in [2.75, 3.05) is 13.2 Å².